The summed E-state index contributed by atoms with van der Waals surface area (Å²) in [6, 6.07) is 6.21. The van der Waals surface area contributed by atoms with E-state index in [4.69, 9.17) is 12.2 Å². The van der Waals surface area contributed by atoms with E-state index in [2.05, 4.69) is 15.5 Å². The number of nitrogens with zero attached hydrogens (tertiary/aromatic N) is 3. The Kier molecular flexibility index (Phi) is 3.82. The van der Waals surface area contributed by atoms with Crippen LogP contribution in [0.25, 0.3) is 5.69 Å². The van der Waals surface area contributed by atoms with E-state index in [0.29, 0.717) is 4.77 Å². The number of tetrazole rings is 1. The molecule has 0 unspecified atom stereocenters. The molecule has 1 aromatic carbocycles. The van der Waals surface area contributed by atoms with Crippen molar-refractivity contribution < 1.29 is 34.7 Å². The standard InChI is InChI=1S/C7H6N4OS.Na/c12-6-3-1-5(2-4-6)11-7(13)8-9-10-11;/h1-4,12H,(H,8,10,13);/q;+1/p-1. The normalized spacial score (nSPS) is 9.43. The average molecular weight is 216 g/mol. The van der Waals surface area contributed by atoms with E-state index < -0.39 is 0 Å². The predicted molar refractivity (Wildman–Crippen MR) is 46.0 cm³/mol. The first-order valence-corrected chi connectivity index (χ1v) is 3.96. The molecule has 0 spiro atoms. The number of aromatic nitrogens is 4. The number of hydrogen-bond acceptors (Lipinski definition) is 4. The van der Waals surface area contributed by atoms with Gasteiger partial charge in [0.2, 0.25) is 4.77 Å². The molecule has 0 aliphatic carbocycles. The van der Waals surface area contributed by atoms with Crippen molar-refractivity contribution in [2.45, 2.75) is 0 Å². The molecule has 0 bridgehead atoms. The van der Waals surface area contributed by atoms with Crippen LogP contribution in [0.5, 0.6) is 5.75 Å². The number of nitrogens with one attached hydrogen (secondary N) is 1. The van der Waals surface area contributed by atoms with Gasteiger partial charge >= 0.3 is 29.6 Å². The van der Waals surface area contributed by atoms with Crippen LogP contribution in [0.2, 0.25) is 0 Å². The molecule has 0 radical (unpaired) electrons. The summed E-state index contributed by atoms with van der Waals surface area (Å²) in [5.41, 5.74) is 0.745. The third-order valence-electron chi connectivity index (χ3n) is 1.57. The van der Waals surface area contributed by atoms with E-state index in [1.165, 1.54) is 16.8 Å². The van der Waals surface area contributed by atoms with Crippen molar-refractivity contribution >= 4 is 12.2 Å². The summed E-state index contributed by atoms with van der Waals surface area (Å²) in [4.78, 5) is 0. The van der Waals surface area contributed by atoms with Crippen LogP contribution in [0.1, 0.15) is 0 Å². The third kappa shape index (κ3) is 2.21. The van der Waals surface area contributed by atoms with Gasteiger partial charge in [0, 0.05) is 0 Å². The molecule has 2 aromatic rings. The smallest absolute Gasteiger partial charge is 0.872 e. The van der Waals surface area contributed by atoms with Crippen molar-refractivity contribution in [1.82, 2.24) is 20.2 Å². The van der Waals surface area contributed by atoms with E-state index in [1.807, 2.05) is 0 Å². The molecule has 7 heteroatoms. The molecule has 0 amide bonds. The second kappa shape index (κ2) is 4.70. The zero-order valence-corrected chi connectivity index (χ0v) is 10.3. The van der Waals surface area contributed by atoms with Gasteiger partial charge in [0.15, 0.2) is 0 Å². The van der Waals surface area contributed by atoms with Gasteiger partial charge in [-0.2, -0.15) is 5.21 Å². The van der Waals surface area contributed by atoms with Crippen molar-refractivity contribution in [3.8, 4) is 11.4 Å². The van der Waals surface area contributed by atoms with Gasteiger partial charge < -0.3 is 5.11 Å². The Morgan fingerprint density at radius 1 is 1.29 bits per heavy atom. The number of hydrogen-bond donors (Lipinski definition) is 1. The average Bonchev–Trinajstić information content (AvgIpc) is 2.53. The van der Waals surface area contributed by atoms with Gasteiger partial charge in [-0.25, -0.2) is 4.68 Å². The second-order valence-corrected chi connectivity index (χ2v) is 2.78. The molecule has 1 N–H and O–H groups in total. The summed E-state index contributed by atoms with van der Waals surface area (Å²) in [6.07, 6.45) is 0. The quantitative estimate of drug-likeness (QED) is 0.419. The van der Waals surface area contributed by atoms with E-state index >= 15 is 0 Å². The molecule has 5 nitrogen and oxygen atoms in total. The van der Waals surface area contributed by atoms with E-state index in [-0.39, 0.29) is 35.3 Å². The molecule has 66 valence electrons. The Bertz CT molecular complexity index is 463. The first-order chi connectivity index (χ1) is 6.27. The van der Waals surface area contributed by atoms with Crippen LogP contribution >= 0.6 is 12.2 Å². The maximum absolute atomic E-state index is 10.8. The molecule has 1 aromatic heterocycles. The SMILES string of the molecule is [Na+].[O-]c1ccc(-n2[nH]nnc2=S)cc1. The maximum Gasteiger partial charge on any atom is 1.00 e. The largest absolute Gasteiger partial charge is 1.00 e. The Morgan fingerprint density at radius 2 is 1.93 bits per heavy atom. The van der Waals surface area contributed by atoms with Crippen molar-refractivity contribution in [1.29, 1.82) is 0 Å². The monoisotopic (exact) mass is 216 g/mol. The molecular weight excluding hydrogens is 211 g/mol. The van der Waals surface area contributed by atoms with Crippen molar-refractivity contribution in [2.75, 3.05) is 0 Å². The Morgan fingerprint density at radius 3 is 2.43 bits per heavy atom. The van der Waals surface area contributed by atoms with Crippen LogP contribution in [0.4, 0.5) is 0 Å². The van der Waals surface area contributed by atoms with Gasteiger partial charge in [0.1, 0.15) is 0 Å². The van der Waals surface area contributed by atoms with E-state index in [0.717, 1.165) is 5.69 Å². The van der Waals surface area contributed by atoms with Crippen LogP contribution in [-0.2, 0) is 0 Å². The number of benzene rings is 1. The van der Waals surface area contributed by atoms with Crippen LogP contribution < -0.4 is 34.7 Å². The summed E-state index contributed by atoms with van der Waals surface area (Å²) < 4.78 is 1.84. The first-order valence-electron chi connectivity index (χ1n) is 3.55. The van der Waals surface area contributed by atoms with Crippen molar-refractivity contribution in [3.05, 3.63) is 29.0 Å². The molecule has 1 heterocycles. The molecule has 0 atom stereocenters. The summed E-state index contributed by atoms with van der Waals surface area (Å²) >= 11 is 4.88. The van der Waals surface area contributed by atoms with Gasteiger partial charge in [-0.3, -0.25) is 0 Å². The van der Waals surface area contributed by atoms with E-state index in [1.54, 1.807) is 12.1 Å². The fourth-order valence-electron chi connectivity index (χ4n) is 0.961. The molecular formula is C7H5N4NaOS. The van der Waals surface area contributed by atoms with Gasteiger partial charge in [-0.15, -0.1) is 5.75 Å². The number of aromatic amines is 1. The molecule has 0 aliphatic heterocycles. The summed E-state index contributed by atoms with van der Waals surface area (Å²) in [6.45, 7) is 0. The number of H-pyrrole nitrogens is 1. The Labute approximate surface area is 107 Å². The molecule has 0 aliphatic rings. The maximum atomic E-state index is 10.8. The zero-order valence-electron chi connectivity index (χ0n) is 7.47. The minimum atomic E-state index is -0.0391. The fourth-order valence-corrected chi connectivity index (χ4v) is 1.15. The molecule has 0 saturated heterocycles. The van der Waals surface area contributed by atoms with E-state index in [9.17, 15) is 5.11 Å². The Balaban J connectivity index is 0.000000980. The van der Waals surface area contributed by atoms with Crippen LogP contribution in [-0.4, -0.2) is 20.2 Å². The molecule has 0 fully saturated rings. The predicted octanol–water partition coefficient (Wildman–Crippen LogP) is -2.60. The van der Waals surface area contributed by atoms with Crippen molar-refractivity contribution in [2.24, 2.45) is 0 Å². The van der Waals surface area contributed by atoms with Crippen LogP contribution in [0.15, 0.2) is 24.3 Å². The van der Waals surface area contributed by atoms with Gasteiger partial charge in [0.05, 0.1) is 5.69 Å². The molecule has 2 rings (SSSR count). The van der Waals surface area contributed by atoms with Crippen LogP contribution in [0, 0.1) is 4.77 Å². The third-order valence-corrected chi connectivity index (χ3v) is 1.83. The molecule has 14 heavy (non-hydrogen) atoms. The van der Waals surface area contributed by atoms with Crippen molar-refractivity contribution in [3.63, 3.8) is 0 Å². The zero-order chi connectivity index (χ0) is 9.26. The van der Waals surface area contributed by atoms with Gasteiger partial charge in [0.25, 0.3) is 0 Å². The second-order valence-electron chi connectivity index (χ2n) is 2.41. The topological polar surface area (TPSA) is 69.6 Å². The fraction of sp³-hybridized carbons (Fsp3) is 0. The summed E-state index contributed by atoms with van der Waals surface area (Å²) in [5.74, 6) is -0.0391. The Hall–Kier alpha value is -0.690. The minimum Gasteiger partial charge on any atom is -0.872 e. The first kappa shape index (κ1) is 11.4. The van der Waals surface area contributed by atoms with Crippen LogP contribution in [0.3, 0.4) is 0 Å². The minimum absolute atomic E-state index is 0. The van der Waals surface area contributed by atoms with Gasteiger partial charge in [-0.05, 0) is 24.4 Å². The number of rotatable bonds is 1. The van der Waals surface area contributed by atoms with Gasteiger partial charge in [-0.1, -0.05) is 22.4 Å². The summed E-state index contributed by atoms with van der Waals surface area (Å²) in [7, 11) is 0. The summed E-state index contributed by atoms with van der Waals surface area (Å²) in [5, 5.41) is 20.5. The molecule has 0 saturated carbocycles.